The third-order valence-electron chi connectivity index (χ3n) is 7.70. The average molecular weight is 585 g/mol. The lowest BCUT2D eigenvalue weighted by Crippen LogP contribution is -2.27. The number of carbonyl (C=O) groups is 2. The number of hydrogen-bond acceptors (Lipinski definition) is 5. The summed E-state index contributed by atoms with van der Waals surface area (Å²) >= 11 is 0. The first-order chi connectivity index (χ1) is 19.8. The molecular formula is C33H36F4N2O3. The fourth-order valence-corrected chi connectivity index (χ4v) is 5.11. The molecule has 9 heteroatoms. The lowest BCUT2D eigenvalue weighted by molar-refractivity contribution is -0.184. The zero-order valence-electron chi connectivity index (χ0n) is 24.0. The van der Waals surface area contributed by atoms with Gasteiger partial charge < -0.3 is 9.53 Å². The van der Waals surface area contributed by atoms with Gasteiger partial charge in [0.1, 0.15) is 28.6 Å². The Morgan fingerprint density at radius 3 is 2.48 bits per heavy atom. The number of fused-ring (bicyclic) bond motifs is 1. The van der Waals surface area contributed by atoms with Gasteiger partial charge in [-0.05, 0) is 92.5 Å². The molecule has 0 radical (unpaired) electrons. The number of carbonyl (C=O) groups excluding carboxylic acids is 2. The first kappa shape index (κ1) is 31.1. The number of nitrogens with zero attached hydrogens (tertiary/aromatic N) is 2. The van der Waals surface area contributed by atoms with E-state index in [1.165, 1.54) is 25.3 Å². The molecule has 1 aromatic heterocycles. The second-order valence-corrected chi connectivity index (χ2v) is 11.1. The van der Waals surface area contributed by atoms with Gasteiger partial charge in [0.2, 0.25) is 0 Å². The highest BCUT2D eigenvalue weighted by Gasteiger charge is 2.66. The first-order valence-corrected chi connectivity index (χ1v) is 13.9. The Balaban J connectivity index is 0.00000506. The summed E-state index contributed by atoms with van der Waals surface area (Å²) < 4.78 is 60.3. The van der Waals surface area contributed by atoms with Crippen LogP contribution in [0.15, 0.2) is 60.5 Å². The van der Waals surface area contributed by atoms with Crippen LogP contribution in [0, 0.1) is 18.2 Å². The summed E-state index contributed by atoms with van der Waals surface area (Å²) in [6, 6.07) is 8.41. The molecule has 0 bridgehead atoms. The number of unbranched alkanes of at least 4 members (excludes halogenated alkanes) is 1. The van der Waals surface area contributed by atoms with Crippen molar-refractivity contribution in [2.75, 3.05) is 7.11 Å². The van der Waals surface area contributed by atoms with Crippen LogP contribution in [0.2, 0.25) is 0 Å². The van der Waals surface area contributed by atoms with Gasteiger partial charge in [0.25, 0.3) is 0 Å². The fraction of sp³-hybridized carbons (Fsp3) is 0.394. The summed E-state index contributed by atoms with van der Waals surface area (Å²) in [7, 11) is 1.17. The van der Waals surface area contributed by atoms with E-state index in [9.17, 15) is 22.8 Å². The van der Waals surface area contributed by atoms with E-state index in [0.29, 0.717) is 23.2 Å². The largest absolute Gasteiger partial charge is 0.500 e. The van der Waals surface area contributed by atoms with Crippen LogP contribution in [0.5, 0.6) is 0 Å². The molecule has 1 fully saturated rings. The van der Waals surface area contributed by atoms with E-state index < -0.39 is 17.4 Å². The Kier molecular flexibility index (Phi) is 9.28. The molecule has 1 heterocycles. The van der Waals surface area contributed by atoms with Crippen molar-refractivity contribution in [3.63, 3.8) is 0 Å². The Labute approximate surface area is 244 Å². The van der Waals surface area contributed by atoms with Crippen LogP contribution in [-0.4, -0.2) is 34.8 Å². The number of Topliss-reactive ketones (excluding diaryl/α,β-unsaturated/α-hetero) is 2. The number of methoxy groups -OCH3 is 1. The minimum Gasteiger partial charge on any atom is -0.500 e. The number of ketones is 2. The van der Waals surface area contributed by atoms with Gasteiger partial charge >= 0.3 is 6.18 Å². The molecule has 42 heavy (non-hydrogen) atoms. The zero-order chi connectivity index (χ0) is 30.7. The number of aryl methyl sites for hydroxylation is 2. The first-order valence-electron chi connectivity index (χ1n) is 13.9. The summed E-state index contributed by atoms with van der Waals surface area (Å²) in [6.45, 7) is 7.32. The molecular weight excluding hydrogens is 548 g/mol. The van der Waals surface area contributed by atoms with Gasteiger partial charge in [0.15, 0.2) is 0 Å². The number of rotatable bonds is 13. The molecule has 224 valence electrons. The van der Waals surface area contributed by atoms with Crippen LogP contribution in [0.4, 0.5) is 17.6 Å². The number of halogens is 4. The highest BCUT2D eigenvalue weighted by Crippen LogP contribution is 2.62. The summed E-state index contributed by atoms with van der Waals surface area (Å²) in [5.41, 5.74) is 2.93. The minimum absolute atomic E-state index is 0. The van der Waals surface area contributed by atoms with E-state index in [0.717, 1.165) is 35.9 Å². The van der Waals surface area contributed by atoms with Gasteiger partial charge in [-0.2, -0.15) is 13.2 Å². The maximum Gasteiger partial charge on any atom is 0.401 e. The highest BCUT2D eigenvalue weighted by molar-refractivity contribution is 5.84. The molecule has 0 saturated heterocycles. The van der Waals surface area contributed by atoms with Crippen molar-refractivity contribution in [1.82, 2.24) is 9.97 Å². The fourth-order valence-electron chi connectivity index (χ4n) is 5.11. The summed E-state index contributed by atoms with van der Waals surface area (Å²) in [4.78, 5) is 33.0. The quantitative estimate of drug-likeness (QED) is 0.0876. The van der Waals surface area contributed by atoms with Gasteiger partial charge in [-0.15, -0.1) is 0 Å². The maximum absolute atomic E-state index is 15.0. The molecule has 4 rings (SSSR count). The molecule has 0 spiro atoms. The maximum atomic E-state index is 15.0. The number of alkyl halides is 3. The Morgan fingerprint density at radius 1 is 1.12 bits per heavy atom. The predicted octanol–water partition coefficient (Wildman–Crippen LogP) is 8.22. The summed E-state index contributed by atoms with van der Waals surface area (Å²) in [5.74, 6) is -1.04. The molecule has 1 saturated carbocycles. The van der Waals surface area contributed by atoms with Gasteiger partial charge in [-0.3, -0.25) is 9.78 Å². The lowest BCUT2D eigenvalue weighted by atomic mass is 9.98. The van der Waals surface area contributed by atoms with Crippen molar-refractivity contribution in [3.8, 4) is 11.3 Å². The molecule has 2 aromatic carbocycles. The molecule has 0 unspecified atom stereocenters. The van der Waals surface area contributed by atoms with Crippen LogP contribution in [0.3, 0.4) is 0 Å². The molecule has 0 N–H and O–H groups in total. The monoisotopic (exact) mass is 584 g/mol. The van der Waals surface area contributed by atoms with Crippen molar-refractivity contribution >= 4 is 22.6 Å². The average Bonchev–Trinajstić information content (AvgIpc) is 3.73. The lowest BCUT2D eigenvalue weighted by Gasteiger charge is -2.21. The third-order valence-corrected chi connectivity index (χ3v) is 7.70. The van der Waals surface area contributed by atoms with Gasteiger partial charge in [0, 0.05) is 26.3 Å². The molecule has 0 atom stereocenters. The van der Waals surface area contributed by atoms with Crippen LogP contribution in [0.25, 0.3) is 22.3 Å². The standard InChI is InChI=1S/C33H34F4N2O3.H2/c1-20(14-31(42-4)32(11-12-32)33(35,36)37)13-26(41)16-24-9-10-25(17-27(24)34)30-19-38-28-18-23(8-6-5-7-22(3)40)21(2)15-29(28)39-30;/h9-10,14-15,17-19H,1,5-8,11-13,16H2,2-4H3;1H/b31-14-;. The summed E-state index contributed by atoms with van der Waals surface area (Å²) in [6.07, 6.45) is 0.877. The van der Waals surface area contributed by atoms with Crippen molar-refractivity contribution in [3.05, 3.63) is 83.0 Å². The van der Waals surface area contributed by atoms with Gasteiger partial charge in [-0.25, -0.2) is 9.37 Å². The van der Waals surface area contributed by atoms with E-state index in [1.54, 1.807) is 19.2 Å². The number of allylic oxidation sites excluding steroid dienone is 3. The Bertz CT molecular complexity index is 1560. The van der Waals surface area contributed by atoms with E-state index in [1.807, 2.05) is 19.1 Å². The van der Waals surface area contributed by atoms with Crippen LogP contribution in [0.1, 0.15) is 63.6 Å². The molecule has 5 nitrogen and oxygen atoms in total. The van der Waals surface area contributed by atoms with Crippen molar-refractivity contribution in [2.24, 2.45) is 5.41 Å². The van der Waals surface area contributed by atoms with Crippen molar-refractivity contribution in [2.45, 2.75) is 71.4 Å². The number of ether oxygens (including phenoxy) is 1. The second-order valence-electron chi connectivity index (χ2n) is 11.1. The zero-order valence-corrected chi connectivity index (χ0v) is 24.0. The molecule has 1 aliphatic carbocycles. The van der Waals surface area contributed by atoms with E-state index >= 15 is 4.39 Å². The molecule has 3 aromatic rings. The summed E-state index contributed by atoms with van der Waals surface area (Å²) in [5, 5.41) is 0. The van der Waals surface area contributed by atoms with Gasteiger partial charge in [0.05, 0.1) is 30.0 Å². The van der Waals surface area contributed by atoms with Gasteiger partial charge in [-0.1, -0.05) is 18.7 Å². The van der Waals surface area contributed by atoms with Crippen molar-refractivity contribution in [1.29, 1.82) is 0 Å². The number of hydrogen-bond donors (Lipinski definition) is 0. The van der Waals surface area contributed by atoms with E-state index in [4.69, 9.17) is 4.74 Å². The molecule has 1 aliphatic rings. The van der Waals surface area contributed by atoms with E-state index in [-0.39, 0.29) is 55.6 Å². The smallest absolute Gasteiger partial charge is 0.401 e. The van der Waals surface area contributed by atoms with Crippen LogP contribution >= 0.6 is 0 Å². The minimum atomic E-state index is -4.45. The van der Waals surface area contributed by atoms with Crippen LogP contribution < -0.4 is 0 Å². The number of aromatic nitrogens is 2. The normalized spacial score (nSPS) is 14.6. The van der Waals surface area contributed by atoms with Crippen LogP contribution in [-0.2, 0) is 27.2 Å². The topological polar surface area (TPSA) is 69.2 Å². The molecule has 0 aliphatic heterocycles. The predicted molar refractivity (Wildman–Crippen MR) is 155 cm³/mol. The Hall–Kier alpha value is -3.88. The van der Waals surface area contributed by atoms with Crippen molar-refractivity contribution < 1.29 is 33.3 Å². The SMILES string of the molecule is C=C(/C=C(\OC)C1(C(F)(F)F)CC1)CC(=O)Cc1ccc(-c2cnc3cc(CCCCC(C)=O)c(C)cc3n2)cc1F.[HH]. The second kappa shape index (κ2) is 12.5. The highest BCUT2D eigenvalue weighted by atomic mass is 19.4. The third kappa shape index (κ3) is 7.12. The number of benzene rings is 2. The Morgan fingerprint density at radius 2 is 1.86 bits per heavy atom. The molecule has 0 amide bonds. The van der Waals surface area contributed by atoms with E-state index in [2.05, 4.69) is 16.5 Å².